The van der Waals surface area contributed by atoms with E-state index in [-0.39, 0.29) is 5.69 Å². The van der Waals surface area contributed by atoms with Gasteiger partial charge in [0, 0.05) is 29.6 Å². The van der Waals surface area contributed by atoms with Crippen molar-refractivity contribution in [3.8, 4) is 22.6 Å². The quantitative estimate of drug-likeness (QED) is 0.523. The first kappa shape index (κ1) is 17.2. The van der Waals surface area contributed by atoms with Gasteiger partial charge < -0.3 is 14.8 Å². The van der Waals surface area contributed by atoms with Crippen LogP contribution < -0.4 is 14.8 Å². The van der Waals surface area contributed by atoms with Crippen molar-refractivity contribution in [3.05, 3.63) is 71.0 Å². The molecule has 0 spiro atoms. The number of nitrogens with one attached hydrogen (secondary N) is 1. The lowest BCUT2D eigenvalue weighted by atomic mass is 10.1. The average molecular weight is 351 g/mol. The predicted molar refractivity (Wildman–Crippen MR) is 99.2 cm³/mol. The maximum absolute atomic E-state index is 10.9. The Balaban J connectivity index is 1.89. The van der Waals surface area contributed by atoms with Crippen LogP contribution >= 0.6 is 0 Å². The molecule has 0 atom stereocenters. The van der Waals surface area contributed by atoms with Gasteiger partial charge in [0.2, 0.25) is 0 Å². The predicted octanol–water partition coefficient (Wildman–Crippen LogP) is 4.42. The Bertz CT molecular complexity index is 944. The fraction of sp³-hybridized carbons (Fsp3) is 0.105. The Labute approximate surface area is 150 Å². The lowest BCUT2D eigenvalue weighted by Crippen LogP contribution is -1.94. The number of hydrogen-bond acceptors (Lipinski definition) is 6. The SMILES string of the molecule is COc1ccc(-c2cncc(Nc3cccc([N+](=O)[O-])c3)c2)cc1OC. The van der Waals surface area contributed by atoms with E-state index in [1.54, 1.807) is 38.7 Å². The van der Waals surface area contributed by atoms with Crippen molar-refractivity contribution >= 4 is 17.1 Å². The molecule has 132 valence electrons. The van der Waals surface area contributed by atoms with E-state index in [1.807, 2.05) is 24.3 Å². The molecule has 0 aliphatic rings. The molecule has 0 radical (unpaired) electrons. The van der Waals surface area contributed by atoms with Crippen LogP contribution in [0.3, 0.4) is 0 Å². The molecule has 0 aliphatic heterocycles. The first-order valence-electron chi connectivity index (χ1n) is 7.79. The number of hydrogen-bond donors (Lipinski definition) is 1. The molecule has 7 nitrogen and oxygen atoms in total. The molecule has 0 fully saturated rings. The third kappa shape index (κ3) is 3.72. The molecule has 3 rings (SSSR count). The highest BCUT2D eigenvalue weighted by molar-refractivity contribution is 5.72. The highest BCUT2D eigenvalue weighted by atomic mass is 16.6. The monoisotopic (exact) mass is 351 g/mol. The first-order valence-corrected chi connectivity index (χ1v) is 7.79. The lowest BCUT2D eigenvalue weighted by Gasteiger charge is -2.11. The van der Waals surface area contributed by atoms with E-state index >= 15 is 0 Å². The fourth-order valence-corrected chi connectivity index (χ4v) is 2.55. The van der Waals surface area contributed by atoms with Gasteiger partial charge >= 0.3 is 0 Å². The number of aromatic nitrogens is 1. The van der Waals surface area contributed by atoms with Crippen LogP contribution in [-0.4, -0.2) is 24.1 Å². The van der Waals surface area contributed by atoms with Crippen LogP contribution in [0, 0.1) is 10.1 Å². The van der Waals surface area contributed by atoms with E-state index < -0.39 is 4.92 Å². The van der Waals surface area contributed by atoms with Crippen molar-refractivity contribution in [2.75, 3.05) is 19.5 Å². The van der Waals surface area contributed by atoms with Crippen LogP contribution in [-0.2, 0) is 0 Å². The van der Waals surface area contributed by atoms with Crippen LogP contribution in [0.1, 0.15) is 0 Å². The molecule has 0 bridgehead atoms. The van der Waals surface area contributed by atoms with Crippen LogP contribution in [0.2, 0.25) is 0 Å². The van der Waals surface area contributed by atoms with Crippen LogP contribution in [0.25, 0.3) is 11.1 Å². The Morgan fingerprint density at radius 3 is 2.46 bits per heavy atom. The molecular formula is C19H17N3O4. The molecule has 1 aromatic heterocycles. The van der Waals surface area contributed by atoms with Gasteiger partial charge in [-0.05, 0) is 29.8 Å². The minimum Gasteiger partial charge on any atom is -0.493 e. The van der Waals surface area contributed by atoms with Gasteiger partial charge in [0.25, 0.3) is 5.69 Å². The molecule has 1 heterocycles. The highest BCUT2D eigenvalue weighted by Crippen LogP contribution is 2.33. The van der Waals surface area contributed by atoms with E-state index in [0.29, 0.717) is 17.2 Å². The number of rotatable bonds is 6. The minimum atomic E-state index is -0.427. The summed E-state index contributed by atoms with van der Waals surface area (Å²) >= 11 is 0. The van der Waals surface area contributed by atoms with E-state index in [1.165, 1.54) is 12.1 Å². The summed E-state index contributed by atoms with van der Waals surface area (Å²) in [6, 6.07) is 13.8. The summed E-state index contributed by atoms with van der Waals surface area (Å²) in [6.07, 6.45) is 3.39. The number of non-ortho nitro benzene ring substituents is 1. The zero-order valence-electron chi connectivity index (χ0n) is 14.3. The van der Waals surface area contributed by atoms with Crippen molar-refractivity contribution in [2.45, 2.75) is 0 Å². The van der Waals surface area contributed by atoms with Gasteiger partial charge in [0.15, 0.2) is 11.5 Å². The van der Waals surface area contributed by atoms with Crippen LogP contribution in [0.5, 0.6) is 11.5 Å². The Kier molecular flexibility index (Phi) is 4.98. The molecule has 0 aliphatic carbocycles. The molecule has 0 saturated heterocycles. The number of ether oxygens (including phenoxy) is 2. The normalized spacial score (nSPS) is 10.2. The highest BCUT2D eigenvalue weighted by Gasteiger charge is 2.09. The van der Waals surface area contributed by atoms with Crippen LogP contribution in [0.15, 0.2) is 60.9 Å². The maximum atomic E-state index is 10.9. The summed E-state index contributed by atoms with van der Waals surface area (Å²) in [5, 5.41) is 14.0. The van der Waals surface area contributed by atoms with E-state index in [4.69, 9.17) is 9.47 Å². The van der Waals surface area contributed by atoms with Gasteiger partial charge in [-0.25, -0.2) is 0 Å². The largest absolute Gasteiger partial charge is 0.493 e. The van der Waals surface area contributed by atoms with Crippen molar-refractivity contribution in [2.24, 2.45) is 0 Å². The summed E-state index contributed by atoms with van der Waals surface area (Å²) in [4.78, 5) is 14.7. The van der Waals surface area contributed by atoms with E-state index in [2.05, 4.69) is 10.3 Å². The zero-order valence-corrected chi connectivity index (χ0v) is 14.3. The summed E-state index contributed by atoms with van der Waals surface area (Å²) in [5.41, 5.74) is 3.15. The minimum absolute atomic E-state index is 0.0269. The standard InChI is InChI=1S/C19H17N3O4/c1-25-18-7-6-13(9-19(18)26-2)14-8-16(12-20-11-14)21-15-4-3-5-17(10-15)22(23)24/h3-12,21H,1-2H3. The van der Waals surface area contributed by atoms with Crippen molar-refractivity contribution in [1.29, 1.82) is 0 Å². The smallest absolute Gasteiger partial charge is 0.271 e. The molecule has 0 unspecified atom stereocenters. The molecule has 0 amide bonds. The van der Waals surface area contributed by atoms with Gasteiger partial charge in [-0.2, -0.15) is 0 Å². The molecule has 1 N–H and O–H groups in total. The second-order valence-corrected chi connectivity index (χ2v) is 5.46. The summed E-state index contributed by atoms with van der Waals surface area (Å²) in [5.74, 6) is 1.28. The number of nitro benzene ring substituents is 1. The third-order valence-corrected chi connectivity index (χ3v) is 3.80. The topological polar surface area (TPSA) is 86.5 Å². The van der Waals surface area contributed by atoms with Gasteiger partial charge in [-0.1, -0.05) is 12.1 Å². The average Bonchev–Trinajstić information content (AvgIpc) is 2.67. The number of nitrogens with zero attached hydrogens (tertiary/aromatic N) is 2. The molecule has 3 aromatic rings. The van der Waals surface area contributed by atoms with Gasteiger partial charge in [0.05, 0.1) is 31.0 Å². The second kappa shape index (κ2) is 7.52. The van der Waals surface area contributed by atoms with E-state index in [0.717, 1.165) is 16.8 Å². The molecule has 7 heteroatoms. The molecule has 0 saturated carbocycles. The summed E-state index contributed by atoms with van der Waals surface area (Å²) < 4.78 is 10.6. The van der Waals surface area contributed by atoms with E-state index in [9.17, 15) is 10.1 Å². The molecule has 26 heavy (non-hydrogen) atoms. The zero-order chi connectivity index (χ0) is 18.5. The number of pyridine rings is 1. The first-order chi connectivity index (χ1) is 12.6. The number of benzene rings is 2. The number of anilines is 2. The van der Waals surface area contributed by atoms with Crippen molar-refractivity contribution < 1.29 is 14.4 Å². The Morgan fingerprint density at radius 2 is 1.73 bits per heavy atom. The second-order valence-electron chi connectivity index (χ2n) is 5.46. The van der Waals surface area contributed by atoms with Gasteiger partial charge in [-0.3, -0.25) is 15.1 Å². The van der Waals surface area contributed by atoms with Crippen molar-refractivity contribution in [3.63, 3.8) is 0 Å². The number of nitro groups is 1. The molecular weight excluding hydrogens is 334 g/mol. The fourth-order valence-electron chi connectivity index (χ4n) is 2.55. The van der Waals surface area contributed by atoms with Gasteiger partial charge in [-0.15, -0.1) is 0 Å². The lowest BCUT2D eigenvalue weighted by molar-refractivity contribution is -0.384. The van der Waals surface area contributed by atoms with Crippen LogP contribution in [0.4, 0.5) is 17.1 Å². The Morgan fingerprint density at radius 1 is 0.923 bits per heavy atom. The number of methoxy groups -OCH3 is 2. The maximum Gasteiger partial charge on any atom is 0.271 e. The summed E-state index contributed by atoms with van der Waals surface area (Å²) in [7, 11) is 3.17. The van der Waals surface area contributed by atoms with Crippen molar-refractivity contribution in [1.82, 2.24) is 4.98 Å². The Hall–Kier alpha value is -3.61. The molecule has 2 aromatic carbocycles. The third-order valence-electron chi connectivity index (χ3n) is 3.80. The van der Waals surface area contributed by atoms with Gasteiger partial charge in [0.1, 0.15) is 0 Å². The summed E-state index contributed by atoms with van der Waals surface area (Å²) in [6.45, 7) is 0.